The van der Waals surface area contributed by atoms with Gasteiger partial charge in [0.25, 0.3) is 11.6 Å². The molecule has 2 aliphatic rings. The molecule has 2 amide bonds. The van der Waals surface area contributed by atoms with E-state index in [1.54, 1.807) is 29.3 Å². The fraction of sp³-hybridized carbons (Fsp3) is 0.435. The number of carbonyl (C=O) groups is 2. The van der Waals surface area contributed by atoms with Crippen LogP contribution in [0, 0.1) is 16.0 Å². The Bertz CT molecular complexity index is 1030. The lowest BCUT2D eigenvalue weighted by molar-refractivity contribution is -0.384. The number of amides is 2. The van der Waals surface area contributed by atoms with Crippen LogP contribution in [0.15, 0.2) is 36.5 Å². The third-order valence-electron chi connectivity index (χ3n) is 5.91. The third-order valence-corrected chi connectivity index (χ3v) is 5.91. The van der Waals surface area contributed by atoms with Gasteiger partial charge < -0.3 is 19.9 Å². The van der Waals surface area contributed by atoms with Crippen molar-refractivity contribution in [3.05, 3.63) is 57.8 Å². The molecule has 174 valence electrons. The Morgan fingerprint density at radius 2 is 1.94 bits per heavy atom. The van der Waals surface area contributed by atoms with Crippen LogP contribution in [0.1, 0.15) is 35.7 Å². The monoisotopic (exact) mass is 453 g/mol. The first-order valence-corrected chi connectivity index (χ1v) is 11.1. The van der Waals surface area contributed by atoms with E-state index < -0.39 is 10.8 Å². The van der Waals surface area contributed by atoms with Crippen molar-refractivity contribution in [1.29, 1.82) is 0 Å². The highest BCUT2D eigenvalue weighted by Gasteiger charge is 2.26. The van der Waals surface area contributed by atoms with E-state index in [1.165, 1.54) is 25.8 Å². The van der Waals surface area contributed by atoms with Crippen LogP contribution in [0.2, 0.25) is 0 Å². The molecule has 10 nitrogen and oxygen atoms in total. The number of carbonyl (C=O) groups excluding carboxylic acids is 2. The Morgan fingerprint density at radius 1 is 1.18 bits per heavy atom. The molecule has 1 aromatic heterocycles. The number of nitrogens with zero attached hydrogens (tertiary/aromatic N) is 4. The minimum Gasteiger partial charge on any atom is -0.477 e. The number of nitro benzene ring substituents is 1. The molecule has 1 saturated heterocycles. The Labute approximate surface area is 191 Å². The lowest BCUT2D eigenvalue weighted by Crippen LogP contribution is -2.48. The van der Waals surface area contributed by atoms with Gasteiger partial charge in [-0.25, -0.2) is 4.98 Å². The molecule has 2 aromatic rings. The van der Waals surface area contributed by atoms with Crippen molar-refractivity contribution >= 4 is 23.2 Å². The van der Waals surface area contributed by atoms with Crippen molar-refractivity contribution in [2.24, 2.45) is 5.92 Å². The minimum atomic E-state index is -0.478. The molecule has 0 atom stereocenters. The zero-order chi connectivity index (χ0) is 23.4. The van der Waals surface area contributed by atoms with Crippen molar-refractivity contribution in [3.8, 4) is 5.88 Å². The molecule has 1 saturated carbocycles. The second kappa shape index (κ2) is 9.85. The summed E-state index contributed by atoms with van der Waals surface area (Å²) in [5, 5.41) is 14.5. The lowest BCUT2D eigenvalue weighted by Gasteiger charge is -2.35. The van der Waals surface area contributed by atoms with E-state index in [1.807, 2.05) is 11.0 Å². The number of pyridine rings is 1. The molecule has 0 radical (unpaired) electrons. The van der Waals surface area contributed by atoms with Crippen molar-refractivity contribution in [2.75, 3.05) is 37.7 Å². The summed E-state index contributed by atoms with van der Waals surface area (Å²) in [5.74, 6) is 0.797. The topological polar surface area (TPSA) is 118 Å². The number of piperazine rings is 1. The summed E-state index contributed by atoms with van der Waals surface area (Å²) in [6, 6.07) is 8.10. The van der Waals surface area contributed by atoms with Gasteiger partial charge in [-0.1, -0.05) is 6.07 Å². The summed E-state index contributed by atoms with van der Waals surface area (Å²) < 4.78 is 5.61. The number of nitrogens with one attached hydrogen (secondary N) is 1. The van der Waals surface area contributed by atoms with Crippen LogP contribution in [-0.4, -0.2) is 59.4 Å². The highest BCUT2D eigenvalue weighted by molar-refractivity contribution is 5.95. The number of hydrogen-bond acceptors (Lipinski definition) is 7. The van der Waals surface area contributed by atoms with Crippen molar-refractivity contribution in [3.63, 3.8) is 0 Å². The molecular weight excluding hydrogens is 426 g/mol. The minimum absolute atomic E-state index is 0.00760. The second-order valence-electron chi connectivity index (χ2n) is 8.40. The van der Waals surface area contributed by atoms with E-state index in [0.29, 0.717) is 50.3 Å². The SMILES string of the molecule is CC(=O)N1CCN(c2ccc(C(=O)NCc3ccc(OCC4CC4)nc3)cc2[N+](=O)[O-])CC1. The zero-order valence-corrected chi connectivity index (χ0v) is 18.5. The number of ether oxygens (including phenoxy) is 1. The number of nitro groups is 1. The molecule has 0 spiro atoms. The standard InChI is InChI=1S/C23H27N5O5/c1-16(29)26-8-10-27(11-9-26)20-6-5-19(12-21(20)28(31)32)23(30)25-14-18-4-7-22(24-13-18)33-15-17-2-3-17/h4-7,12-13,17H,2-3,8-11,14-15H2,1H3,(H,25,30). The van der Waals surface area contributed by atoms with E-state index in [4.69, 9.17) is 4.74 Å². The first-order chi connectivity index (χ1) is 15.9. The van der Waals surface area contributed by atoms with Gasteiger partial charge in [-0.2, -0.15) is 0 Å². The molecule has 1 aliphatic heterocycles. The van der Waals surface area contributed by atoms with Crippen LogP contribution in [0.5, 0.6) is 5.88 Å². The number of rotatable bonds is 8. The van der Waals surface area contributed by atoms with Crippen molar-refractivity contribution in [1.82, 2.24) is 15.2 Å². The molecule has 4 rings (SSSR count). The van der Waals surface area contributed by atoms with Crippen molar-refractivity contribution < 1.29 is 19.2 Å². The zero-order valence-electron chi connectivity index (χ0n) is 18.5. The van der Waals surface area contributed by atoms with Gasteiger partial charge in [0.2, 0.25) is 11.8 Å². The lowest BCUT2D eigenvalue weighted by atomic mass is 10.1. The Balaban J connectivity index is 1.36. The van der Waals surface area contributed by atoms with Gasteiger partial charge in [0.1, 0.15) is 5.69 Å². The summed E-state index contributed by atoms with van der Waals surface area (Å²) in [7, 11) is 0. The molecule has 2 fully saturated rings. The van der Waals surface area contributed by atoms with E-state index in [-0.39, 0.29) is 23.7 Å². The fourth-order valence-corrected chi connectivity index (χ4v) is 3.71. The van der Waals surface area contributed by atoms with Crippen LogP contribution in [0.25, 0.3) is 0 Å². The molecule has 10 heteroatoms. The largest absolute Gasteiger partial charge is 0.477 e. The van der Waals surface area contributed by atoms with Gasteiger partial charge in [-0.15, -0.1) is 0 Å². The predicted molar refractivity (Wildman–Crippen MR) is 121 cm³/mol. The maximum Gasteiger partial charge on any atom is 0.293 e. The molecule has 0 bridgehead atoms. The van der Waals surface area contributed by atoms with Crippen molar-refractivity contribution in [2.45, 2.75) is 26.3 Å². The molecule has 1 aliphatic carbocycles. The summed E-state index contributed by atoms with van der Waals surface area (Å²) in [6.07, 6.45) is 4.06. The average molecular weight is 453 g/mol. The van der Waals surface area contributed by atoms with Gasteiger partial charge in [0, 0.05) is 63.5 Å². The summed E-state index contributed by atoms with van der Waals surface area (Å²) in [4.78, 5) is 43.2. The highest BCUT2D eigenvalue weighted by Crippen LogP contribution is 2.30. The van der Waals surface area contributed by atoms with Gasteiger partial charge in [-0.3, -0.25) is 19.7 Å². The average Bonchev–Trinajstić information content (AvgIpc) is 3.66. The highest BCUT2D eigenvalue weighted by atomic mass is 16.6. The third kappa shape index (κ3) is 5.76. The first kappa shape index (κ1) is 22.5. The quantitative estimate of drug-likeness (QED) is 0.482. The van der Waals surface area contributed by atoms with Gasteiger partial charge in [0.15, 0.2) is 0 Å². The first-order valence-electron chi connectivity index (χ1n) is 11.1. The van der Waals surface area contributed by atoms with E-state index in [2.05, 4.69) is 10.3 Å². The summed E-state index contributed by atoms with van der Waals surface area (Å²) in [6.45, 7) is 4.46. The maximum absolute atomic E-state index is 12.6. The second-order valence-corrected chi connectivity index (χ2v) is 8.40. The van der Waals surface area contributed by atoms with Crippen LogP contribution in [0.4, 0.5) is 11.4 Å². The molecule has 1 N–H and O–H groups in total. The molecular formula is C23H27N5O5. The maximum atomic E-state index is 12.6. The predicted octanol–water partition coefficient (Wildman–Crippen LogP) is 2.38. The van der Waals surface area contributed by atoms with Gasteiger partial charge in [0.05, 0.1) is 11.5 Å². The smallest absolute Gasteiger partial charge is 0.293 e. The van der Waals surface area contributed by atoms with E-state index in [0.717, 1.165) is 5.56 Å². The van der Waals surface area contributed by atoms with Gasteiger partial charge >= 0.3 is 0 Å². The Morgan fingerprint density at radius 3 is 2.55 bits per heavy atom. The van der Waals surface area contributed by atoms with Crippen LogP contribution < -0.4 is 15.0 Å². The van der Waals surface area contributed by atoms with Gasteiger partial charge in [-0.05, 0) is 36.5 Å². The van der Waals surface area contributed by atoms with E-state index >= 15 is 0 Å². The number of anilines is 1. The number of benzene rings is 1. The Kier molecular flexibility index (Phi) is 6.71. The number of hydrogen-bond donors (Lipinski definition) is 1. The summed E-state index contributed by atoms with van der Waals surface area (Å²) in [5.41, 5.74) is 1.34. The van der Waals surface area contributed by atoms with Crippen LogP contribution in [0.3, 0.4) is 0 Å². The normalized spacial score (nSPS) is 15.8. The molecule has 0 unspecified atom stereocenters. The van der Waals surface area contributed by atoms with E-state index in [9.17, 15) is 19.7 Å². The fourth-order valence-electron chi connectivity index (χ4n) is 3.71. The molecule has 33 heavy (non-hydrogen) atoms. The summed E-state index contributed by atoms with van der Waals surface area (Å²) >= 11 is 0. The van der Waals surface area contributed by atoms with Crippen LogP contribution in [-0.2, 0) is 11.3 Å². The molecule has 2 heterocycles. The Hall–Kier alpha value is -3.69. The molecule has 1 aromatic carbocycles. The number of aromatic nitrogens is 1. The van der Waals surface area contributed by atoms with Crippen LogP contribution >= 0.6 is 0 Å².